The number of hydrogen-bond donors (Lipinski definition) is 1. The average Bonchev–Trinajstić information content (AvgIpc) is 3.06. The molecule has 0 heterocycles. The molecule has 0 saturated heterocycles. The van der Waals surface area contributed by atoms with Gasteiger partial charge in [-0.3, -0.25) is 0 Å². The molecular formula is C27H32NO2Y-. The molecule has 31 heavy (non-hydrogen) atoms. The van der Waals surface area contributed by atoms with E-state index < -0.39 is 6.10 Å². The number of rotatable bonds is 9. The standard InChI is InChI=1S/C27H32NO2.Y/c1-19(2)27(29)23-12-8-11-21(16-23)13-14-25-24(15-20(3)26(25)28-4)18-30-17-22-9-6-5-7-10-22;/h5-6,8-12,16,19,24-25,27,29H,13-15,17-18H2,1-3H3;/q-1;/t24-,25-,27?;/m1./s1. The number of aryl methyl sites for hydroxylation is 1. The zero-order valence-electron chi connectivity index (χ0n) is 18.8. The van der Waals surface area contributed by atoms with Gasteiger partial charge in [0.25, 0.3) is 0 Å². The molecule has 2 aromatic rings. The first-order valence-electron chi connectivity index (χ1n) is 10.9. The smallest absolute Gasteiger partial charge is 0.168 e. The molecule has 0 spiro atoms. The number of benzene rings is 2. The van der Waals surface area contributed by atoms with Crippen LogP contribution < -0.4 is 0 Å². The molecule has 0 amide bonds. The molecule has 0 aliphatic heterocycles. The van der Waals surface area contributed by atoms with Crippen molar-refractivity contribution in [2.24, 2.45) is 17.8 Å². The summed E-state index contributed by atoms with van der Waals surface area (Å²) in [6.07, 6.45) is 2.34. The third-order valence-corrected chi connectivity index (χ3v) is 6.09. The van der Waals surface area contributed by atoms with E-state index in [1.807, 2.05) is 44.2 Å². The molecule has 1 unspecified atom stereocenters. The molecule has 2 aromatic carbocycles. The summed E-state index contributed by atoms with van der Waals surface area (Å²) in [5, 5.41) is 10.4. The van der Waals surface area contributed by atoms with Gasteiger partial charge in [0.05, 0.1) is 12.7 Å². The number of allylic oxidation sites excluding steroid dienone is 2. The van der Waals surface area contributed by atoms with Crippen molar-refractivity contribution in [1.82, 2.24) is 0 Å². The Balaban J connectivity index is 0.00000341. The fourth-order valence-corrected chi connectivity index (χ4v) is 4.39. The van der Waals surface area contributed by atoms with Gasteiger partial charge in [-0.1, -0.05) is 57.0 Å². The molecule has 0 bridgehead atoms. The van der Waals surface area contributed by atoms with E-state index in [2.05, 4.69) is 36.0 Å². The summed E-state index contributed by atoms with van der Waals surface area (Å²) in [5.74, 6) is 0.785. The van der Waals surface area contributed by atoms with Crippen molar-refractivity contribution >= 4 is 0 Å². The number of ether oxygens (including phenoxy) is 1. The minimum absolute atomic E-state index is 0. The normalized spacial score (nSPS) is 19.2. The molecule has 4 heteroatoms. The van der Waals surface area contributed by atoms with Gasteiger partial charge in [0.2, 0.25) is 0 Å². The Morgan fingerprint density at radius 1 is 1.23 bits per heavy atom. The maximum absolute atomic E-state index is 10.4. The average molecular weight is 491 g/mol. The Morgan fingerprint density at radius 3 is 2.68 bits per heavy atom. The first kappa shape index (κ1) is 26.0. The first-order valence-corrected chi connectivity index (χ1v) is 10.9. The topological polar surface area (TPSA) is 33.8 Å². The van der Waals surface area contributed by atoms with Gasteiger partial charge in [-0.25, -0.2) is 4.85 Å². The largest absolute Gasteiger partial charge is 0.389 e. The van der Waals surface area contributed by atoms with Crippen LogP contribution in [0, 0.1) is 30.4 Å². The minimum Gasteiger partial charge on any atom is -0.389 e. The fraction of sp³-hybridized carbons (Fsp3) is 0.444. The molecule has 3 rings (SSSR count). The molecule has 161 valence electrons. The van der Waals surface area contributed by atoms with E-state index in [-0.39, 0.29) is 44.5 Å². The van der Waals surface area contributed by atoms with E-state index in [4.69, 9.17) is 11.3 Å². The number of aliphatic hydroxyl groups is 1. The predicted molar refractivity (Wildman–Crippen MR) is 120 cm³/mol. The van der Waals surface area contributed by atoms with Gasteiger partial charge < -0.3 is 9.84 Å². The van der Waals surface area contributed by atoms with Gasteiger partial charge in [-0.05, 0) is 41.7 Å². The zero-order chi connectivity index (χ0) is 21.5. The summed E-state index contributed by atoms with van der Waals surface area (Å²) in [4.78, 5) is 3.88. The Kier molecular flexibility index (Phi) is 10.6. The summed E-state index contributed by atoms with van der Waals surface area (Å²) >= 11 is 0. The van der Waals surface area contributed by atoms with E-state index in [1.165, 1.54) is 11.1 Å². The van der Waals surface area contributed by atoms with Crippen LogP contribution in [0.1, 0.15) is 56.4 Å². The fourth-order valence-electron chi connectivity index (χ4n) is 4.39. The monoisotopic (exact) mass is 491 g/mol. The van der Waals surface area contributed by atoms with Crippen LogP contribution >= 0.6 is 0 Å². The van der Waals surface area contributed by atoms with Crippen molar-refractivity contribution in [3.8, 4) is 0 Å². The maximum atomic E-state index is 10.4. The molecule has 3 nitrogen and oxygen atoms in total. The number of aliphatic hydroxyl groups excluding tert-OH is 1. The van der Waals surface area contributed by atoms with Crippen LogP contribution in [0.25, 0.3) is 4.85 Å². The molecule has 1 aliphatic rings. The Hall–Kier alpha value is -1.31. The van der Waals surface area contributed by atoms with Crippen molar-refractivity contribution in [1.29, 1.82) is 0 Å². The first-order chi connectivity index (χ1) is 14.5. The third-order valence-electron chi connectivity index (χ3n) is 6.09. The van der Waals surface area contributed by atoms with Gasteiger partial charge in [0.1, 0.15) is 0 Å². The Bertz CT molecular complexity index is 901. The van der Waals surface area contributed by atoms with Gasteiger partial charge in [-0.15, -0.1) is 5.56 Å². The second-order valence-corrected chi connectivity index (χ2v) is 8.75. The molecule has 3 atom stereocenters. The van der Waals surface area contributed by atoms with Crippen LogP contribution in [-0.2, 0) is 50.5 Å². The SMILES string of the molecule is [C-]#[N+]C1=C(C)C[C@H](COCc2c[c-]ccc2)[C@H]1CCc1cccc(C(O)C(C)C)c1.[Y]. The molecule has 1 aliphatic carbocycles. The van der Waals surface area contributed by atoms with Crippen LogP contribution in [-0.4, -0.2) is 11.7 Å². The summed E-state index contributed by atoms with van der Waals surface area (Å²) in [6.45, 7) is 15.1. The third kappa shape index (κ3) is 7.09. The quantitative estimate of drug-likeness (QED) is 0.427. The van der Waals surface area contributed by atoms with E-state index in [1.54, 1.807) is 0 Å². The Morgan fingerprint density at radius 2 is 2.00 bits per heavy atom. The summed E-state index contributed by atoms with van der Waals surface area (Å²) in [5.41, 5.74) is 5.46. The molecule has 0 aromatic heterocycles. The van der Waals surface area contributed by atoms with E-state index in [9.17, 15) is 5.11 Å². The van der Waals surface area contributed by atoms with Gasteiger partial charge in [0, 0.05) is 45.9 Å². The molecule has 1 N–H and O–H groups in total. The predicted octanol–water partition coefficient (Wildman–Crippen LogP) is 6.15. The molecular weight excluding hydrogens is 459 g/mol. The summed E-state index contributed by atoms with van der Waals surface area (Å²) in [7, 11) is 0. The van der Waals surface area contributed by atoms with Crippen molar-refractivity contribution in [2.45, 2.75) is 52.7 Å². The zero-order valence-corrected chi connectivity index (χ0v) is 21.7. The van der Waals surface area contributed by atoms with Crippen LogP contribution in [0.4, 0.5) is 0 Å². The number of hydrogen-bond acceptors (Lipinski definition) is 2. The molecule has 0 saturated carbocycles. The van der Waals surface area contributed by atoms with Crippen molar-refractivity contribution in [2.75, 3.05) is 6.61 Å². The molecule has 0 fully saturated rings. The van der Waals surface area contributed by atoms with Crippen molar-refractivity contribution in [3.63, 3.8) is 0 Å². The van der Waals surface area contributed by atoms with E-state index >= 15 is 0 Å². The summed E-state index contributed by atoms with van der Waals surface area (Å²) in [6, 6.07) is 19.2. The van der Waals surface area contributed by atoms with Gasteiger partial charge in [-0.2, -0.15) is 30.3 Å². The van der Waals surface area contributed by atoms with E-state index in [0.29, 0.717) is 19.1 Å². The van der Waals surface area contributed by atoms with Crippen LogP contribution in [0.5, 0.6) is 0 Å². The van der Waals surface area contributed by atoms with E-state index in [0.717, 1.165) is 36.1 Å². The minimum atomic E-state index is -0.436. The Labute approximate surface area is 212 Å². The molecule has 1 radical (unpaired) electrons. The van der Waals surface area contributed by atoms with Crippen LogP contribution in [0.15, 0.2) is 59.8 Å². The summed E-state index contributed by atoms with van der Waals surface area (Å²) < 4.78 is 6.02. The van der Waals surface area contributed by atoms with Crippen molar-refractivity contribution < 1.29 is 42.6 Å². The van der Waals surface area contributed by atoms with Crippen LogP contribution in [0.3, 0.4) is 0 Å². The van der Waals surface area contributed by atoms with Crippen molar-refractivity contribution in [3.05, 3.63) is 94.0 Å². The van der Waals surface area contributed by atoms with Crippen LogP contribution in [0.2, 0.25) is 0 Å². The second-order valence-electron chi connectivity index (χ2n) is 8.75. The van der Waals surface area contributed by atoms with Gasteiger partial charge >= 0.3 is 0 Å². The second kappa shape index (κ2) is 12.7. The number of nitrogens with zero attached hydrogens (tertiary/aromatic N) is 1. The van der Waals surface area contributed by atoms with Gasteiger partial charge in [0.15, 0.2) is 5.70 Å². The maximum Gasteiger partial charge on any atom is 0.168 e.